The Morgan fingerprint density at radius 2 is 2.11 bits per heavy atom. The SMILES string of the molecule is CCNC(=NCCCc1nnc2n1CCCCC2)NC1CCCC(SC)C1.I. The monoisotopic (exact) mass is 520 g/mol. The van der Waals surface area contributed by atoms with E-state index in [1.165, 1.54) is 50.8 Å². The Morgan fingerprint density at radius 1 is 1.21 bits per heavy atom. The second kappa shape index (κ2) is 12.9. The van der Waals surface area contributed by atoms with Gasteiger partial charge in [0.25, 0.3) is 0 Å². The maximum Gasteiger partial charge on any atom is 0.191 e. The Labute approximate surface area is 191 Å². The molecule has 1 aliphatic carbocycles. The van der Waals surface area contributed by atoms with E-state index in [1.54, 1.807) is 0 Å². The first-order chi connectivity index (χ1) is 13.3. The average molecular weight is 521 g/mol. The summed E-state index contributed by atoms with van der Waals surface area (Å²) in [5, 5.41) is 16.7. The maximum atomic E-state index is 4.82. The number of hydrogen-bond donors (Lipinski definition) is 2. The molecule has 2 atom stereocenters. The van der Waals surface area contributed by atoms with E-state index in [-0.39, 0.29) is 24.0 Å². The molecule has 3 rings (SSSR count). The van der Waals surface area contributed by atoms with Crippen molar-refractivity contribution in [3.8, 4) is 0 Å². The Morgan fingerprint density at radius 3 is 2.93 bits per heavy atom. The lowest BCUT2D eigenvalue weighted by atomic mass is 9.95. The van der Waals surface area contributed by atoms with Crippen LogP contribution in [0.5, 0.6) is 0 Å². The molecule has 1 saturated carbocycles. The highest BCUT2D eigenvalue weighted by atomic mass is 127. The Balaban J connectivity index is 0.00000280. The predicted molar refractivity (Wildman–Crippen MR) is 130 cm³/mol. The molecule has 0 amide bonds. The third-order valence-corrected chi connectivity index (χ3v) is 6.75. The molecule has 0 aromatic carbocycles. The number of rotatable bonds is 7. The predicted octanol–water partition coefficient (Wildman–Crippen LogP) is 3.78. The minimum Gasteiger partial charge on any atom is -0.357 e. The quantitative estimate of drug-likeness (QED) is 0.248. The Hall–Kier alpha value is -0.510. The van der Waals surface area contributed by atoms with Crippen LogP contribution < -0.4 is 10.6 Å². The first-order valence-corrected chi connectivity index (χ1v) is 12.1. The summed E-state index contributed by atoms with van der Waals surface area (Å²) in [6, 6.07) is 0.557. The van der Waals surface area contributed by atoms with Crippen molar-refractivity contribution in [2.45, 2.75) is 89.0 Å². The summed E-state index contributed by atoms with van der Waals surface area (Å²) in [4.78, 5) is 4.82. The molecule has 0 spiro atoms. The van der Waals surface area contributed by atoms with E-state index in [9.17, 15) is 0 Å². The van der Waals surface area contributed by atoms with Crippen LogP contribution in [0.15, 0.2) is 4.99 Å². The molecular weight excluding hydrogens is 483 g/mol. The molecule has 0 saturated heterocycles. The molecule has 1 aromatic heterocycles. The largest absolute Gasteiger partial charge is 0.357 e. The molecule has 2 N–H and O–H groups in total. The molecule has 2 heterocycles. The highest BCUT2D eigenvalue weighted by Crippen LogP contribution is 2.26. The molecule has 28 heavy (non-hydrogen) atoms. The molecular formula is C20H37IN6S. The molecule has 160 valence electrons. The summed E-state index contributed by atoms with van der Waals surface area (Å²) in [7, 11) is 0. The van der Waals surface area contributed by atoms with E-state index >= 15 is 0 Å². The van der Waals surface area contributed by atoms with Crippen LogP contribution in [0.1, 0.15) is 69.9 Å². The molecule has 0 radical (unpaired) electrons. The number of aryl methyl sites for hydroxylation is 2. The fourth-order valence-electron chi connectivity index (χ4n) is 4.16. The maximum absolute atomic E-state index is 4.82. The average Bonchev–Trinajstić information content (AvgIpc) is 2.91. The van der Waals surface area contributed by atoms with Gasteiger partial charge in [0.15, 0.2) is 5.96 Å². The zero-order chi connectivity index (χ0) is 18.9. The van der Waals surface area contributed by atoms with E-state index in [2.05, 4.69) is 38.6 Å². The highest BCUT2D eigenvalue weighted by Gasteiger charge is 2.22. The summed E-state index contributed by atoms with van der Waals surface area (Å²) in [5.74, 6) is 3.31. The van der Waals surface area contributed by atoms with E-state index in [4.69, 9.17) is 4.99 Å². The molecule has 2 aliphatic rings. The van der Waals surface area contributed by atoms with Gasteiger partial charge in [0, 0.05) is 43.8 Å². The number of hydrogen-bond acceptors (Lipinski definition) is 4. The third kappa shape index (κ3) is 7.07. The van der Waals surface area contributed by atoms with Gasteiger partial charge in [0.2, 0.25) is 0 Å². The fraction of sp³-hybridized carbons (Fsp3) is 0.850. The van der Waals surface area contributed by atoms with Crippen molar-refractivity contribution in [1.82, 2.24) is 25.4 Å². The minimum absolute atomic E-state index is 0. The van der Waals surface area contributed by atoms with E-state index < -0.39 is 0 Å². The van der Waals surface area contributed by atoms with Gasteiger partial charge in [-0.15, -0.1) is 34.2 Å². The lowest BCUT2D eigenvalue weighted by Gasteiger charge is -2.29. The normalized spacial score (nSPS) is 22.7. The van der Waals surface area contributed by atoms with Crippen molar-refractivity contribution < 1.29 is 0 Å². The molecule has 8 heteroatoms. The second-order valence-electron chi connectivity index (χ2n) is 7.72. The standard InChI is InChI=1S/C20H36N6S.HI/c1-3-21-20(23-16-9-7-10-17(15-16)27-2)22-13-8-12-19-25-24-18-11-5-4-6-14-26(18)19;/h16-17H,3-15H2,1-2H3,(H2,21,22,23);1H. The van der Waals surface area contributed by atoms with E-state index in [0.29, 0.717) is 6.04 Å². The lowest BCUT2D eigenvalue weighted by molar-refractivity contribution is 0.419. The summed E-state index contributed by atoms with van der Waals surface area (Å²) < 4.78 is 2.35. The Bertz CT molecular complexity index is 606. The molecule has 1 fully saturated rings. The van der Waals surface area contributed by atoms with Crippen LogP contribution in [0.25, 0.3) is 0 Å². The van der Waals surface area contributed by atoms with Crippen LogP contribution in [0.3, 0.4) is 0 Å². The van der Waals surface area contributed by atoms with Gasteiger partial charge in [0.1, 0.15) is 11.6 Å². The minimum atomic E-state index is 0. The van der Waals surface area contributed by atoms with Gasteiger partial charge in [-0.3, -0.25) is 4.99 Å². The highest BCUT2D eigenvalue weighted by molar-refractivity contribution is 14.0. The molecule has 2 unspecified atom stereocenters. The topological polar surface area (TPSA) is 67.1 Å². The number of guanidine groups is 1. The number of aliphatic imine (C=N–C) groups is 1. The first-order valence-electron chi connectivity index (χ1n) is 10.8. The van der Waals surface area contributed by atoms with Crippen LogP contribution in [0, 0.1) is 0 Å². The van der Waals surface area contributed by atoms with Gasteiger partial charge in [0.05, 0.1) is 0 Å². The van der Waals surface area contributed by atoms with Gasteiger partial charge < -0.3 is 15.2 Å². The van der Waals surface area contributed by atoms with Crippen LogP contribution in [-0.4, -0.2) is 51.4 Å². The smallest absolute Gasteiger partial charge is 0.191 e. The van der Waals surface area contributed by atoms with Crippen LogP contribution >= 0.6 is 35.7 Å². The molecule has 1 aromatic rings. The first kappa shape index (κ1) is 23.8. The second-order valence-corrected chi connectivity index (χ2v) is 8.86. The lowest BCUT2D eigenvalue weighted by Crippen LogP contribution is -2.45. The summed E-state index contributed by atoms with van der Waals surface area (Å²) in [6.07, 6.45) is 14.3. The van der Waals surface area contributed by atoms with Crippen molar-refractivity contribution >= 4 is 41.7 Å². The number of aromatic nitrogens is 3. The van der Waals surface area contributed by atoms with Gasteiger partial charge in [-0.2, -0.15) is 11.8 Å². The van der Waals surface area contributed by atoms with Crippen molar-refractivity contribution in [3.63, 3.8) is 0 Å². The molecule has 0 bridgehead atoms. The van der Waals surface area contributed by atoms with Crippen molar-refractivity contribution in [3.05, 3.63) is 11.6 Å². The van der Waals surface area contributed by atoms with Gasteiger partial charge in [-0.25, -0.2) is 0 Å². The number of nitrogens with zero attached hydrogens (tertiary/aromatic N) is 4. The van der Waals surface area contributed by atoms with Crippen molar-refractivity contribution in [2.24, 2.45) is 4.99 Å². The molecule has 1 aliphatic heterocycles. The van der Waals surface area contributed by atoms with Crippen LogP contribution in [-0.2, 0) is 19.4 Å². The van der Waals surface area contributed by atoms with Gasteiger partial charge in [-0.1, -0.05) is 12.8 Å². The van der Waals surface area contributed by atoms with Crippen molar-refractivity contribution in [1.29, 1.82) is 0 Å². The summed E-state index contributed by atoms with van der Waals surface area (Å²) >= 11 is 2.01. The number of nitrogens with one attached hydrogen (secondary N) is 2. The van der Waals surface area contributed by atoms with Crippen LogP contribution in [0.4, 0.5) is 0 Å². The van der Waals surface area contributed by atoms with Gasteiger partial charge >= 0.3 is 0 Å². The van der Waals surface area contributed by atoms with Crippen LogP contribution in [0.2, 0.25) is 0 Å². The molecule has 6 nitrogen and oxygen atoms in total. The third-order valence-electron chi connectivity index (χ3n) is 5.66. The fourth-order valence-corrected chi connectivity index (χ4v) is 4.99. The zero-order valence-corrected chi connectivity index (χ0v) is 20.6. The number of thioether (sulfide) groups is 1. The Kier molecular flexibility index (Phi) is 11.0. The number of fused-ring (bicyclic) bond motifs is 1. The zero-order valence-electron chi connectivity index (χ0n) is 17.5. The van der Waals surface area contributed by atoms with E-state index in [0.717, 1.165) is 55.9 Å². The summed E-state index contributed by atoms with van der Waals surface area (Å²) in [5.41, 5.74) is 0. The van der Waals surface area contributed by atoms with Crippen molar-refractivity contribution in [2.75, 3.05) is 19.3 Å². The summed E-state index contributed by atoms with van der Waals surface area (Å²) in [6.45, 7) is 4.95. The van der Waals surface area contributed by atoms with E-state index in [1.807, 2.05) is 11.8 Å². The van der Waals surface area contributed by atoms with Gasteiger partial charge in [-0.05, 0) is 51.7 Å². The number of halogens is 1.